The van der Waals surface area contributed by atoms with Crippen LogP contribution in [0.3, 0.4) is 0 Å². The fourth-order valence-electron chi connectivity index (χ4n) is 3.57. The van der Waals surface area contributed by atoms with Crippen LogP contribution in [0.2, 0.25) is 0 Å². The minimum Gasteiger partial charge on any atom is -0.496 e. The lowest BCUT2D eigenvalue weighted by atomic mass is 10.1. The number of carbonyl (C=O) groups excluding carboxylic acids is 1. The zero-order chi connectivity index (χ0) is 19.5. The van der Waals surface area contributed by atoms with Crippen molar-refractivity contribution in [3.05, 3.63) is 77.6 Å². The Morgan fingerprint density at radius 3 is 2.64 bits per heavy atom. The molecule has 3 aromatic rings. The largest absolute Gasteiger partial charge is 0.496 e. The number of methoxy groups -OCH3 is 1. The number of nitrogens with zero attached hydrogens (tertiary/aromatic N) is 3. The van der Waals surface area contributed by atoms with Crippen LogP contribution in [0.4, 0.5) is 11.6 Å². The summed E-state index contributed by atoms with van der Waals surface area (Å²) in [5, 5.41) is 3.17. The Hall–Kier alpha value is -3.41. The van der Waals surface area contributed by atoms with Gasteiger partial charge in [-0.3, -0.25) is 4.79 Å². The van der Waals surface area contributed by atoms with E-state index in [1.807, 2.05) is 47.4 Å². The van der Waals surface area contributed by atoms with Crippen molar-refractivity contribution in [2.24, 2.45) is 0 Å². The van der Waals surface area contributed by atoms with Crippen molar-refractivity contribution in [3.8, 4) is 5.75 Å². The van der Waals surface area contributed by atoms with Gasteiger partial charge in [-0.05, 0) is 31.0 Å². The molecule has 0 bridgehead atoms. The van der Waals surface area contributed by atoms with Gasteiger partial charge >= 0.3 is 0 Å². The second-order valence-corrected chi connectivity index (χ2v) is 6.82. The summed E-state index contributed by atoms with van der Waals surface area (Å²) in [5.41, 5.74) is 3.65. The summed E-state index contributed by atoms with van der Waals surface area (Å²) in [4.78, 5) is 23.5. The van der Waals surface area contributed by atoms with Crippen LogP contribution >= 0.6 is 0 Å². The summed E-state index contributed by atoms with van der Waals surface area (Å²) in [6.07, 6.45) is 4.02. The minimum atomic E-state index is -0.0753. The molecular weight excluding hydrogens is 352 g/mol. The third-order valence-corrected chi connectivity index (χ3v) is 4.95. The Morgan fingerprint density at radius 2 is 1.86 bits per heavy atom. The zero-order valence-electron chi connectivity index (χ0n) is 15.9. The Labute approximate surface area is 164 Å². The van der Waals surface area contributed by atoms with Gasteiger partial charge in [0, 0.05) is 36.2 Å². The highest BCUT2D eigenvalue weighted by Gasteiger charge is 2.31. The molecule has 1 aliphatic rings. The number of amides is 1. The molecule has 142 valence electrons. The lowest BCUT2D eigenvalue weighted by molar-refractivity contribution is 0.0981. The fraction of sp³-hybridized carbons (Fsp3) is 0.227. The summed E-state index contributed by atoms with van der Waals surface area (Å²) in [5.74, 6) is 1.20. The van der Waals surface area contributed by atoms with Gasteiger partial charge in [-0.25, -0.2) is 9.97 Å². The van der Waals surface area contributed by atoms with Crippen molar-refractivity contribution in [3.63, 3.8) is 0 Å². The van der Waals surface area contributed by atoms with Crippen molar-refractivity contribution >= 4 is 17.5 Å². The third-order valence-electron chi connectivity index (χ3n) is 4.95. The lowest BCUT2D eigenvalue weighted by Gasteiger charge is -2.22. The number of hydrogen-bond acceptors (Lipinski definition) is 5. The number of benzene rings is 2. The minimum absolute atomic E-state index is 0.0753. The molecule has 1 aromatic heterocycles. The normalized spacial score (nSPS) is 15.2. The van der Waals surface area contributed by atoms with Gasteiger partial charge in [0.2, 0.25) is 5.95 Å². The summed E-state index contributed by atoms with van der Waals surface area (Å²) < 4.78 is 5.35. The average Bonchev–Trinajstić information content (AvgIpc) is 3.08. The van der Waals surface area contributed by atoms with E-state index in [0.29, 0.717) is 18.1 Å². The van der Waals surface area contributed by atoms with Gasteiger partial charge in [0.1, 0.15) is 5.75 Å². The van der Waals surface area contributed by atoms with Crippen molar-refractivity contribution in [2.45, 2.75) is 25.9 Å². The van der Waals surface area contributed by atoms with E-state index in [1.165, 1.54) is 5.56 Å². The van der Waals surface area contributed by atoms with Gasteiger partial charge in [0.25, 0.3) is 5.91 Å². The number of hydrogen-bond donors (Lipinski definition) is 1. The van der Waals surface area contributed by atoms with Crippen LogP contribution in [-0.4, -0.2) is 29.0 Å². The van der Waals surface area contributed by atoms with E-state index in [-0.39, 0.29) is 11.9 Å². The third kappa shape index (κ3) is 3.41. The molecule has 0 spiro atoms. The molecule has 2 heterocycles. The van der Waals surface area contributed by atoms with Crippen molar-refractivity contribution in [2.75, 3.05) is 17.3 Å². The maximum atomic E-state index is 13.0. The molecule has 1 aliphatic heterocycles. The second kappa shape index (κ2) is 7.68. The lowest BCUT2D eigenvalue weighted by Crippen LogP contribution is -2.35. The van der Waals surface area contributed by atoms with Gasteiger partial charge in [-0.15, -0.1) is 0 Å². The van der Waals surface area contributed by atoms with Crippen LogP contribution in [0.25, 0.3) is 0 Å². The summed E-state index contributed by atoms with van der Waals surface area (Å²) in [6.45, 7) is 2.59. The highest BCUT2D eigenvalue weighted by molar-refractivity contribution is 6.07. The van der Waals surface area contributed by atoms with Gasteiger partial charge in [-0.2, -0.15) is 0 Å². The predicted octanol–water partition coefficient (Wildman–Crippen LogP) is 3.69. The monoisotopic (exact) mass is 374 g/mol. The van der Waals surface area contributed by atoms with E-state index in [4.69, 9.17) is 4.74 Å². The Morgan fingerprint density at radius 1 is 1.14 bits per heavy atom. The molecule has 1 unspecified atom stereocenters. The first-order chi connectivity index (χ1) is 13.7. The van der Waals surface area contributed by atoms with Gasteiger partial charge in [0.15, 0.2) is 0 Å². The molecule has 6 heteroatoms. The van der Waals surface area contributed by atoms with Crippen LogP contribution in [0, 0.1) is 0 Å². The first kappa shape index (κ1) is 18.0. The second-order valence-electron chi connectivity index (χ2n) is 6.82. The smallest absolute Gasteiger partial charge is 0.261 e. The molecule has 1 atom stereocenters. The Balaban J connectivity index is 1.47. The van der Waals surface area contributed by atoms with E-state index < -0.39 is 0 Å². The van der Waals surface area contributed by atoms with Crippen molar-refractivity contribution < 1.29 is 9.53 Å². The zero-order valence-corrected chi connectivity index (χ0v) is 15.9. The number of nitrogens with one attached hydrogen (secondary N) is 1. The van der Waals surface area contributed by atoms with Gasteiger partial charge in [-0.1, -0.05) is 36.4 Å². The fourth-order valence-corrected chi connectivity index (χ4v) is 3.57. The maximum Gasteiger partial charge on any atom is 0.261 e. The number of ether oxygens (including phenoxy) is 1. The number of fused-ring (bicyclic) bond motifs is 1. The first-order valence-electron chi connectivity index (χ1n) is 9.26. The molecule has 2 aromatic carbocycles. The predicted molar refractivity (Wildman–Crippen MR) is 109 cm³/mol. The van der Waals surface area contributed by atoms with Gasteiger partial charge in [0.05, 0.1) is 12.7 Å². The van der Waals surface area contributed by atoms with E-state index in [2.05, 4.69) is 28.3 Å². The van der Waals surface area contributed by atoms with Crippen LogP contribution in [0.1, 0.15) is 28.4 Å². The highest BCUT2D eigenvalue weighted by atomic mass is 16.5. The van der Waals surface area contributed by atoms with Crippen molar-refractivity contribution in [1.82, 2.24) is 9.97 Å². The molecule has 4 rings (SSSR count). The summed E-state index contributed by atoms with van der Waals surface area (Å²) >= 11 is 0. The molecule has 0 fully saturated rings. The van der Waals surface area contributed by atoms with Crippen LogP contribution in [0.15, 0.2) is 60.9 Å². The number of carbonyl (C=O) groups is 1. The topological polar surface area (TPSA) is 67.3 Å². The standard InChI is InChI=1S/C22H22N4O2/c1-15-11-16-7-3-5-9-19(16)26(15)21(27)18-13-24-22(25-14-18)23-12-17-8-4-6-10-20(17)28-2/h3-10,13-15H,11-12H2,1-2H3,(H,23,24,25). The van der Waals surface area contributed by atoms with Gasteiger partial charge < -0.3 is 15.0 Å². The number of anilines is 2. The van der Waals surface area contributed by atoms with Crippen LogP contribution in [0.5, 0.6) is 5.75 Å². The quantitative estimate of drug-likeness (QED) is 0.738. The van der Waals surface area contributed by atoms with E-state index in [1.54, 1.807) is 19.5 Å². The highest BCUT2D eigenvalue weighted by Crippen LogP contribution is 2.32. The van der Waals surface area contributed by atoms with E-state index in [9.17, 15) is 4.79 Å². The summed E-state index contributed by atoms with van der Waals surface area (Å²) in [7, 11) is 1.65. The van der Waals surface area contributed by atoms with Crippen LogP contribution in [-0.2, 0) is 13.0 Å². The average molecular weight is 374 g/mol. The van der Waals surface area contributed by atoms with E-state index in [0.717, 1.165) is 23.4 Å². The molecule has 0 saturated carbocycles. The first-order valence-corrected chi connectivity index (χ1v) is 9.26. The van der Waals surface area contributed by atoms with Crippen LogP contribution < -0.4 is 15.0 Å². The van der Waals surface area contributed by atoms with E-state index >= 15 is 0 Å². The molecular formula is C22H22N4O2. The Bertz CT molecular complexity index is 988. The molecule has 1 N–H and O–H groups in total. The Kier molecular flexibility index (Phi) is 4.93. The number of rotatable bonds is 5. The summed E-state index contributed by atoms with van der Waals surface area (Å²) in [6, 6.07) is 15.9. The van der Waals surface area contributed by atoms with Crippen molar-refractivity contribution in [1.29, 1.82) is 0 Å². The SMILES string of the molecule is COc1ccccc1CNc1ncc(C(=O)N2c3ccccc3CC2C)cn1. The number of aromatic nitrogens is 2. The number of para-hydroxylation sites is 2. The molecule has 1 amide bonds. The molecule has 0 aliphatic carbocycles. The molecule has 6 nitrogen and oxygen atoms in total. The molecule has 0 radical (unpaired) electrons. The molecule has 28 heavy (non-hydrogen) atoms. The molecule has 0 saturated heterocycles. The maximum absolute atomic E-state index is 13.0.